The van der Waals surface area contributed by atoms with E-state index in [1.807, 2.05) is 48.5 Å². The van der Waals surface area contributed by atoms with E-state index in [-0.39, 0.29) is 6.61 Å². The van der Waals surface area contributed by atoms with Gasteiger partial charge >= 0.3 is 5.97 Å². The maximum absolute atomic E-state index is 12.6. The van der Waals surface area contributed by atoms with Crippen LogP contribution in [0.3, 0.4) is 0 Å². The summed E-state index contributed by atoms with van der Waals surface area (Å²) in [7, 11) is 1.55. The number of hydrogen-bond acceptors (Lipinski definition) is 5. The van der Waals surface area contributed by atoms with Crippen molar-refractivity contribution in [3.8, 4) is 5.75 Å². The van der Waals surface area contributed by atoms with Crippen molar-refractivity contribution in [3.63, 3.8) is 0 Å². The second kappa shape index (κ2) is 6.02. The monoisotopic (exact) mass is 332 g/mol. The number of nitrogens with zero attached hydrogens (tertiary/aromatic N) is 2. The number of ether oxygens (including phenoxy) is 2. The van der Waals surface area contributed by atoms with Crippen LogP contribution in [0.5, 0.6) is 5.75 Å². The zero-order valence-corrected chi connectivity index (χ0v) is 13.9. The highest BCUT2D eigenvalue weighted by atomic mass is 16.5. The Kier molecular flexibility index (Phi) is 3.69. The van der Waals surface area contributed by atoms with Crippen LogP contribution in [-0.2, 0) is 4.74 Å². The number of carbonyl (C=O) groups excluding carboxylic acids is 1. The summed E-state index contributed by atoms with van der Waals surface area (Å²) in [4.78, 5) is 22.1. The molecule has 3 aromatic carbocycles. The summed E-state index contributed by atoms with van der Waals surface area (Å²) >= 11 is 0. The first kappa shape index (κ1) is 15.3. The van der Waals surface area contributed by atoms with Crippen molar-refractivity contribution in [2.45, 2.75) is 6.92 Å². The molecule has 0 radical (unpaired) electrons. The number of benzene rings is 3. The molecule has 0 bridgehead atoms. The van der Waals surface area contributed by atoms with Gasteiger partial charge in [0.1, 0.15) is 16.8 Å². The Morgan fingerprint density at radius 3 is 2.16 bits per heavy atom. The van der Waals surface area contributed by atoms with Crippen molar-refractivity contribution in [3.05, 3.63) is 54.1 Å². The van der Waals surface area contributed by atoms with Gasteiger partial charge in [0.25, 0.3) is 0 Å². The molecule has 1 aromatic heterocycles. The van der Waals surface area contributed by atoms with Gasteiger partial charge < -0.3 is 9.47 Å². The first-order chi connectivity index (χ1) is 12.2. The summed E-state index contributed by atoms with van der Waals surface area (Å²) in [5, 5.41) is 1.70. The molecule has 0 spiro atoms. The molecule has 4 aromatic rings. The minimum absolute atomic E-state index is 0.275. The molecule has 0 N–H and O–H groups in total. The molecular weight excluding hydrogens is 316 g/mol. The number of carbonyl (C=O) groups is 1. The number of para-hydroxylation sites is 2. The van der Waals surface area contributed by atoms with Crippen molar-refractivity contribution in [1.82, 2.24) is 9.97 Å². The summed E-state index contributed by atoms with van der Waals surface area (Å²) in [6.07, 6.45) is 0. The second-order valence-electron chi connectivity index (χ2n) is 5.58. The molecule has 5 heteroatoms. The van der Waals surface area contributed by atoms with Gasteiger partial charge in [0.05, 0.1) is 30.3 Å². The summed E-state index contributed by atoms with van der Waals surface area (Å²) < 4.78 is 10.8. The molecule has 0 aliphatic heterocycles. The Hall–Kier alpha value is -3.21. The molecule has 5 nitrogen and oxygen atoms in total. The van der Waals surface area contributed by atoms with Crippen molar-refractivity contribution >= 4 is 38.8 Å². The highest BCUT2D eigenvalue weighted by molar-refractivity contribution is 6.18. The SMILES string of the molecule is CCOC(=O)c1c(OC)c2ccccc2c2nc3ccccc3nc12. The minimum Gasteiger partial charge on any atom is -0.495 e. The lowest BCUT2D eigenvalue weighted by Gasteiger charge is -2.14. The zero-order valence-electron chi connectivity index (χ0n) is 13.9. The molecule has 0 unspecified atom stereocenters. The summed E-state index contributed by atoms with van der Waals surface area (Å²) in [6, 6.07) is 15.3. The third-order valence-electron chi connectivity index (χ3n) is 4.14. The molecule has 0 fully saturated rings. The molecule has 0 aliphatic carbocycles. The van der Waals surface area contributed by atoms with Crippen molar-refractivity contribution < 1.29 is 14.3 Å². The number of hydrogen-bond donors (Lipinski definition) is 0. The predicted octanol–water partition coefficient (Wildman–Crippen LogP) is 4.12. The molecule has 0 atom stereocenters. The van der Waals surface area contributed by atoms with Crippen LogP contribution < -0.4 is 4.74 Å². The fourth-order valence-electron chi connectivity index (χ4n) is 3.10. The zero-order chi connectivity index (χ0) is 17.4. The molecule has 0 amide bonds. The Morgan fingerprint density at radius 1 is 0.920 bits per heavy atom. The van der Waals surface area contributed by atoms with E-state index in [4.69, 9.17) is 19.4 Å². The van der Waals surface area contributed by atoms with Crippen LogP contribution >= 0.6 is 0 Å². The summed E-state index contributed by atoms with van der Waals surface area (Å²) in [5.41, 5.74) is 2.97. The quantitative estimate of drug-likeness (QED) is 0.321. The van der Waals surface area contributed by atoms with Gasteiger partial charge in [0, 0.05) is 10.8 Å². The maximum atomic E-state index is 12.6. The Labute approximate surface area is 144 Å². The summed E-state index contributed by atoms with van der Waals surface area (Å²) in [6.45, 7) is 2.05. The van der Waals surface area contributed by atoms with E-state index in [2.05, 4.69) is 0 Å². The molecule has 25 heavy (non-hydrogen) atoms. The predicted molar refractivity (Wildman–Crippen MR) is 97.1 cm³/mol. The van der Waals surface area contributed by atoms with Crippen molar-refractivity contribution in [2.75, 3.05) is 13.7 Å². The van der Waals surface area contributed by atoms with E-state index in [0.29, 0.717) is 22.3 Å². The van der Waals surface area contributed by atoms with Crippen molar-refractivity contribution in [2.24, 2.45) is 0 Å². The maximum Gasteiger partial charge on any atom is 0.344 e. The van der Waals surface area contributed by atoms with Crippen LogP contribution in [0.15, 0.2) is 48.5 Å². The number of esters is 1. The van der Waals surface area contributed by atoms with Gasteiger partial charge in [-0.2, -0.15) is 0 Å². The second-order valence-corrected chi connectivity index (χ2v) is 5.58. The topological polar surface area (TPSA) is 61.3 Å². The molecule has 0 saturated heterocycles. The van der Waals surface area contributed by atoms with Crippen LogP contribution in [0.1, 0.15) is 17.3 Å². The lowest BCUT2D eigenvalue weighted by molar-refractivity contribution is 0.0525. The molecule has 4 rings (SSSR count). The van der Waals surface area contributed by atoms with Crippen LogP contribution in [0, 0.1) is 0 Å². The Morgan fingerprint density at radius 2 is 1.52 bits per heavy atom. The van der Waals surface area contributed by atoms with Crippen LogP contribution in [-0.4, -0.2) is 29.7 Å². The Bertz CT molecular complexity index is 1120. The van der Waals surface area contributed by atoms with E-state index in [9.17, 15) is 4.79 Å². The van der Waals surface area contributed by atoms with E-state index < -0.39 is 5.97 Å². The average molecular weight is 332 g/mol. The largest absolute Gasteiger partial charge is 0.495 e. The lowest BCUT2D eigenvalue weighted by atomic mass is 10.0. The molecule has 1 heterocycles. The van der Waals surface area contributed by atoms with E-state index in [1.165, 1.54) is 0 Å². The fraction of sp³-hybridized carbons (Fsp3) is 0.150. The molecule has 124 valence electrons. The van der Waals surface area contributed by atoms with E-state index in [1.54, 1.807) is 14.0 Å². The van der Waals surface area contributed by atoms with Crippen LogP contribution in [0.25, 0.3) is 32.8 Å². The molecule has 0 saturated carbocycles. The van der Waals surface area contributed by atoms with Gasteiger partial charge in [0.15, 0.2) is 0 Å². The normalized spacial score (nSPS) is 11.1. The highest BCUT2D eigenvalue weighted by Gasteiger charge is 2.24. The number of fused-ring (bicyclic) bond motifs is 4. The van der Waals surface area contributed by atoms with Gasteiger partial charge in [0.2, 0.25) is 0 Å². The lowest BCUT2D eigenvalue weighted by Crippen LogP contribution is -2.09. The van der Waals surface area contributed by atoms with Gasteiger partial charge in [-0.3, -0.25) is 0 Å². The van der Waals surface area contributed by atoms with Gasteiger partial charge in [-0.1, -0.05) is 36.4 Å². The standard InChI is InChI=1S/C20H16N2O3/c1-3-25-20(23)16-18-17(21-14-10-6-7-11-15(14)22-18)12-8-4-5-9-13(12)19(16)24-2/h4-11H,3H2,1-2H3. The average Bonchev–Trinajstić information content (AvgIpc) is 2.65. The highest BCUT2D eigenvalue weighted by Crippen LogP contribution is 2.37. The van der Waals surface area contributed by atoms with Crippen LogP contribution in [0.2, 0.25) is 0 Å². The Balaban J connectivity index is 2.24. The summed E-state index contributed by atoms with van der Waals surface area (Å²) in [5.74, 6) is 0.00538. The van der Waals surface area contributed by atoms with Crippen molar-refractivity contribution in [1.29, 1.82) is 0 Å². The third-order valence-corrected chi connectivity index (χ3v) is 4.14. The first-order valence-corrected chi connectivity index (χ1v) is 8.07. The van der Waals surface area contributed by atoms with Gasteiger partial charge in [-0.25, -0.2) is 14.8 Å². The number of aromatic nitrogens is 2. The smallest absolute Gasteiger partial charge is 0.344 e. The fourth-order valence-corrected chi connectivity index (χ4v) is 3.10. The minimum atomic E-state index is -0.459. The third kappa shape index (κ3) is 2.36. The van der Waals surface area contributed by atoms with Gasteiger partial charge in [-0.05, 0) is 19.1 Å². The van der Waals surface area contributed by atoms with E-state index >= 15 is 0 Å². The van der Waals surface area contributed by atoms with Crippen LogP contribution in [0.4, 0.5) is 0 Å². The number of methoxy groups -OCH3 is 1. The van der Waals surface area contributed by atoms with Gasteiger partial charge in [-0.15, -0.1) is 0 Å². The molecular formula is C20H16N2O3. The first-order valence-electron chi connectivity index (χ1n) is 8.07. The number of rotatable bonds is 3. The molecule has 0 aliphatic rings. The van der Waals surface area contributed by atoms with E-state index in [0.717, 1.165) is 21.8 Å².